The SMILES string of the molecule is CC(C)CNC(=O)C(NC(=O)c1ccc(F)cc1)C1CCN(C(=O)NC(C)(C)C)CC1. The summed E-state index contributed by atoms with van der Waals surface area (Å²) in [6.45, 7) is 11.3. The van der Waals surface area contributed by atoms with Crippen LogP contribution >= 0.6 is 0 Å². The third-order valence-corrected chi connectivity index (χ3v) is 5.14. The van der Waals surface area contributed by atoms with Crippen LogP contribution in [0.4, 0.5) is 9.18 Å². The van der Waals surface area contributed by atoms with Gasteiger partial charge >= 0.3 is 6.03 Å². The maximum absolute atomic E-state index is 13.2. The maximum Gasteiger partial charge on any atom is 0.317 e. The number of amides is 4. The van der Waals surface area contributed by atoms with Crippen molar-refractivity contribution in [2.24, 2.45) is 11.8 Å². The molecule has 1 aromatic rings. The fraction of sp³-hybridized carbons (Fsp3) is 0.609. The Balaban J connectivity index is 2.06. The molecule has 1 unspecified atom stereocenters. The molecule has 1 saturated heterocycles. The number of likely N-dealkylation sites (tertiary alicyclic amines) is 1. The minimum Gasteiger partial charge on any atom is -0.354 e. The summed E-state index contributed by atoms with van der Waals surface area (Å²) in [6.07, 6.45) is 1.20. The Morgan fingerprint density at radius 2 is 1.68 bits per heavy atom. The monoisotopic (exact) mass is 434 g/mol. The Bertz CT molecular complexity index is 766. The lowest BCUT2D eigenvalue weighted by atomic mass is 9.88. The highest BCUT2D eigenvalue weighted by atomic mass is 19.1. The molecule has 1 aliphatic heterocycles. The van der Waals surface area contributed by atoms with E-state index in [-0.39, 0.29) is 29.3 Å². The van der Waals surface area contributed by atoms with E-state index in [1.165, 1.54) is 24.3 Å². The van der Waals surface area contributed by atoms with Crippen LogP contribution in [0, 0.1) is 17.7 Å². The van der Waals surface area contributed by atoms with Gasteiger partial charge in [0.1, 0.15) is 11.9 Å². The zero-order valence-corrected chi connectivity index (χ0v) is 19.1. The highest BCUT2D eigenvalue weighted by Gasteiger charge is 2.34. The van der Waals surface area contributed by atoms with Gasteiger partial charge in [-0.1, -0.05) is 13.8 Å². The fourth-order valence-corrected chi connectivity index (χ4v) is 3.47. The molecule has 1 atom stereocenters. The number of rotatable bonds is 6. The van der Waals surface area contributed by atoms with Gasteiger partial charge < -0.3 is 20.9 Å². The van der Waals surface area contributed by atoms with Crippen LogP contribution in [-0.4, -0.2) is 54.0 Å². The van der Waals surface area contributed by atoms with Gasteiger partial charge in [0.05, 0.1) is 0 Å². The Hall–Kier alpha value is -2.64. The van der Waals surface area contributed by atoms with Crippen molar-refractivity contribution in [3.63, 3.8) is 0 Å². The second-order valence-electron chi connectivity index (χ2n) is 9.60. The molecule has 1 heterocycles. The molecule has 1 fully saturated rings. The van der Waals surface area contributed by atoms with Crippen molar-refractivity contribution in [1.82, 2.24) is 20.9 Å². The van der Waals surface area contributed by atoms with E-state index < -0.39 is 17.8 Å². The standard InChI is InChI=1S/C23H35FN4O3/c1-15(2)14-25-21(30)19(26-20(29)17-6-8-18(24)9-7-17)16-10-12-28(13-11-16)22(31)27-23(3,4)5/h6-9,15-16,19H,10-14H2,1-5H3,(H,25,30)(H,26,29)(H,27,31). The lowest BCUT2D eigenvalue weighted by molar-refractivity contribution is -0.124. The Kier molecular flexibility index (Phi) is 8.42. The predicted octanol–water partition coefficient (Wildman–Crippen LogP) is 2.92. The number of piperidine rings is 1. The highest BCUT2D eigenvalue weighted by molar-refractivity contribution is 5.97. The molecule has 8 heteroatoms. The van der Waals surface area contributed by atoms with E-state index in [2.05, 4.69) is 16.0 Å². The van der Waals surface area contributed by atoms with Crippen molar-refractivity contribution >= 4 is 17.8 Å². The largest absolute Gasteiger partial charge is 0.354 e. The summed E-state index contributed by atoms with van der Waals surface area (Å²) in [5, 5.41) is 8.69. The van der Waals surface area contributed by atoms with Crippen LogP contribution in [-0.2, 0) is 4.79 Å². The van der Waals surface area contributed by atoms with E-state index in [0.717, 1.165) is 0 Å². The van der Waals surface area contributed by atoms with Gasteiger partial charge in [-0.25, -0.2) is 9.18 Å². The molecule has 0 saturated carbocycles. The molecule has 0 aromatic heterocycles. The van der Waals surface area contributed by atoms with Gasteiger partial charge in [0.15, 0.2) is 0 Å². The minimum atomic E-state index is -0.718. The van der Waals surface area contributed by atoms with Gasteiger partial charge in [-0.15, -0.1) is 0 Å². The quantitative estimate of drug-likeness (QED) is 0.643. The molecule has 0 aliphatic carbocycles. The maximum atomic E-state index is 13.2. The van der Waals surface area contributed by atoms with Gasteiger partial charge in [0, 0.05) is 30.7 Å². The molecule has 2 rings (SSSR count). The summed E-state index contributed by atoms with van der Waals surface area (Å²) < 4.78 is 13.2. The van der Waals surface area contributed by atoms with Crippen molar-refractivity contribution in [2.45, 2.75) is 59.0 Å². The number of hydrogen-bond donors (Lipinski definition) is 3. The topological polar surface area (TPSA) is 90.5 Å². The Morgan fingerprint density at radius 3 is 2.19 bits per heavy atom. The molecule has 31 heavy (non-hydrogen) atoms. The van der Waals surface area contributed by atoms with Crippen molar-refractivity contribution in [2.75, 3.05) is 19.6 Å². The molecule has 0 bridgehead atoms. The van der Waals surface area contributed by atoms with Crippen LogP contribution in [0.25, 0.3) is 0 Å². The van der Waals surface area contributed by atoms with E-state index >= 15 is 0 Å². The molecular formula is C23H35FN4O3. The minimum absolute atomic E-state index is 0.102. The third-order valence-electron chi connectivity index (χ3n) is 5.14. The zero-order chi connectivity index (χ0) is 23.2. The summed E-state index contributed by atoms with van der Waals surface area (Å²) in [5.74, 6) is -0.904. The Morgan fingerprint density at radius 1 is 1.10 bits per heavy atom. The van der Waals surface area contributed by atoms with Crippen LogP contribution in [0.5, 0.6) is 0 Å². The normalized spacial score (nSPS) is 16.0. The number of urea groups is 1. The second kappa shape index (κ2) is 10.6. The van der Waals surface area contributed by atoms with Crippen molar-refractivity contribution < 1.29 is 18.8 Å². The molecule has 0 spiro atoms. The number of hydrogen-bond acceptors (Lipinski definition) is 3. The molecule has 1 aliphatic rings. The first kappa shape index (κ1) is 24.6. The summed E-state index contributed by atoms with van der Waals surface area (Å²) in [4.78, 5) is 39.8. The van der Waals surface area contributed by atoms with Gasteiger partial charge in [0.25, 0.3) is 5.91 Å². The molecule has 7 nitrogen and oxygen atoms in total. The van der Waals surface area contributed by atoms with Gasteiger partial charge in [-0.3, -0.25) is 9.59 Å². The van der Waals surface area contributed by atoms with Crippen LogP contribution in [0.15, 0.2) is 24.3 Å². The van der Waals surface area contributed by atoms with Gasteiger partial charge in [-0.2, -0.15) is 0 Å². The van der Waals surface area contributed by atoms with Crippen molar-refractivity contribution in [3.8, 4) is 0 Å². The smallest absolute Gasteiger partial charge is 0.317 e. The molecular weight excluding hydrogens is 399 g/mol. The molecule has 3 N–H and O–H groups in total. The van der Waals surface area contributed by atoms with Crippen LogP contribution in [0.2, 0.25) is 0 Å². The van der Waals surface area contributed by atoms with Crippen LogP contribution in [0.3, 0.4) is 0 Å². The first-order valence-corrected chi connectivity index (χ1v) is 10.9. The number of nitrogens with zero attached hydrogens (tertiary/aromatic N) is 1. The van der Waals surface area contributed by atoms with Crippen molar-refractivity contribution in [1.29, 1.82) is 0 Å². The summed E-state index contributed by atoms with van der Waals surface area (Å²) in [5.41, 5.74) is -0.0267. The average molecular weight is 435 g/mol. The lowest BCUT2D eigenvalue weighted by Gasteiger charge is -2.37. The van der Waals surface area contributed by atoms with Gasteiger partial charge in [0.2, 0.25) is 5.91 Å². The predicted molar refractivity (Wildman–Crippen MR) is 118 cm³/mol. The summed E-state index contributed by atoms with van der Waals surface area (Å²) in [6, 6.07) is 4.39. The van der Waals surface area contributed by atoms with E-state index in [0.29, 0.717) is 38.0 Å². The van der Waals surface area contributed by atoms with Crippen LogP contribution < -0.4 is 16.0 Å². The van der Waals surface area contributed by atoms with E-state index in [1.54, 1.807) is 4.90 Å². The third kappa shape index (κ3) is 7.84. The molecule has 0 radical (unpaired) electrons. The first-order chi connectivity index (χ1) is 14.5. The van der Waals surface area contributed by atoms with E-state index in [4.69, 9.17) is 0 Å². The zero-order valence-electron chi connectivity index (χ0n) is 19.1. The lowest BCUT2D eigenvalue weighted by Crippen LogP contribution is -2.56. The first-order valence-electron chi connectivity index (χ1n) is 10.9. The number of carbonyl (C=O) groups is 3. The van der Waals surface area contributed by atoms with E-state index in [9.17, 15) is 18.8 Å². The molecule has 4 amide bonds. The average Bonchev–Trinajstić information content (AvgIpc) is 2.69. The fourth-order valence-electron chi connectivity index (χ4n) is 3.47. The number of carbonyl (C=O) groups excluding carboxylic acids is 3. The Labute approximate surface area is 184 Å². The second-order valence-corrected chi connectivity index (χ2v) is 9.60. The highest BCUT2D eigenvalue weighted by Crippen LogP contribution is 2.22. The summed E-state index contributed by atoms with van der Waals surface area (Å²) >= 11 is 0. The van der Waals surface area contributed by atoms with Crippen LogP contribution in [0.1, 0.15) is 57.8 Å². The number of nitrogens with one attached hydrogen (secondary N) is 3. The molecule has 1 aromatic carbocycles. The number of benzene rings is 1. The summed E-state index contributed by atoms with van der Waals surface area (Å²) in [7, 11) is 0. The number of halogens is 1. The molecule has 172 valence electrons. The van der Waals surface area contributed by atoms with Gasteiger partial charge in [-0.05, 0) is 69.7 Å². The van der Waals surface area contributed by atoms with Crippen molar-refractivity contribution in [3.05, 3.63) is 35.6 Å². The van der Waals surface area contributed by atoms with E-state index in [1.807, 2.05) is 34.6 Å².